The molecule has 2 amide bonds. The maximum absolute atomic E-state index is 13.0. The molecule has 1 aliphatic heterocycles. The third-order valence-electron chi connectivity index (χ3n) is 6.51. The van der Waals surface area contributed by atoms with Crippen LogP contribution >= 0.6 is 0 Å². The van der Waals surface area contributed by atoms with Crippen molar-refractivity contribution >= 4 is 31.8 Å². The number of hydroxylamine groups is 2. The number of benzene rings is 3. The van der Waals surface area contributed by atoms with Crippen molar-refractivity contribution in [1.82, 2.24) is 5.06 Å². The molecule has 0 atom stereocenters. The van der Waals surface area contributed by atoms with Crippen LogP contribution in [0.1, 0.15) is 39.1 Å². The molecular weight excluding hydrogens is 546 g/mol. The molecule has 0 spiro atoms. The number of amides is 2. The van der Waals surface area contributed by atoms with Gasteiger partial charge in [0.2, 0.25) is 0 Å². The van der Waals surface area contributed by atoms with Gasteiger partial charge in [-0.1, -0.05) is 24.3 Å². The Morgan fingerprint density at radius 1 is 0.795 bits per heavy atom. The number of aryl methyl sites for hydroxylation is 1. The Morgan fingerprint density at radius 2 is 1.36 bits per heavy atom. The number of fused-ring (bicyclic) bond motifs is 1. The molecule has 204 valence electrons. The normalized spacial score (nSPS) is 16.2. The van der Waals surface area contributed by atoms with E-state index >= 15 is 0 Å². The summed E-state index contributed by atoms with van der Waals surface area (Å²) in [6, 6.07) is 16.3. The van der Waals surface area contributed by atoms with Gasteiger partial charge in [0, 0.05) is 17.7 Å². The number of sulfone groups is 1. The monoisotopic (exact) mass is 571 g/mol. The number of imide groups is 1. The van der Waals surface area contributed by atoms with E-state index in [1.165, 1.54) is 36.4 Å². The van der Waals surface area contributed by atoms with E-state index in [1.807, 2.05) is 0 Å². The Balaban J connectivity index is 1.26. The molecule has 0 N–H and O–H groups in total. The van der Waals surface area contributed by atoms with E-state index in [9.17, 15) is 26.4 Å². The van der Waals surface area contributed by atoms with Crippen molar-refractivity contribution in [2.75, 3.05) is 19.5 Å². The molecule has 1 fully saturated rings. The van der Waals surface area contributed by atoms with E-state index in [-0.39, 0.29) is 23.9 Å². The highest BCUT2D eigenvalue weighted by Crippen LogP contribution is 2.47. The standard InChI is InChI=1S/C27H25NO9S2/c1-18-13-19(15-20(14-18)37-39(33,34)24-10-6-5-9-23(24)38(2,31)32)35-16-27(11-12-27)17-36-28-25(29)21-7-3-4-8-22(21)26(28)30/h3-10,13-15H,11-12,16-17H2,1-2H3. The fraction of sp³-hybridized carbons (Fsp3) is 0.259. The smallest absolute Gasteiger partial charge is 0.340 e. The van der Waals surface area contributed by atoms with Crippen LogP contribution in [-0.4, -0.2) is 53.2 Å². The van der Waals surface area contributed by atoms with Crippen LogP contribution in [0, 0.1) is 12.3 Å². The second-order valence-electron chi connectivity index (χ2n) is 9.75. The molecule has 0 unspecified atom stereocenters. The molecule has 0 aromatic heterocycles. The van der Waals surface area contributed by atoms with Gasteiger partial charge in [0.25, 0.3) is 11.8 Å². The Hall–Kier alpha value is -3.74. The van der Waals surface area contributed by atoms with E-state index in [1.54, 1.807) is 37.3 Å². The molecule has 3 aromatic rings. The molecule has 12 heteroatoms. The molecule has 10 nitrogen and oxygen atoms in total. The Bertz CT molecular complexity index is 1660. The average Bonchev–Trinajstić information content (AvgIpc) is 3.61. The van der Waals surface area contributed by atoms with Crippen molar-refractivity contribution in [2.24, 2.45) is 5.41 Å². The van der Waals surface area contributed by atoms with Gasteiger partial charge in [-0.05, 0) is 61.7 Å². The van der Waals surface area contributed by atoms with Gasteiger partial charge in [-0.15, -0.1) is 5.06 Å². The van der Waals surface area contributed by atoms with Crippen molar-refractivity contribution in [2.45, 2.75) is 29.6 Å². The molecule has 0 radical (unpaired) electrons. The van der Waals surface area contributed by atoms with Crippen molar-refractivity contribution in [3.63, 3.8) is 0 Å². The molecule has 0 saturated heterocycles. The zero-order chi connectivity index (χ0) is 28.0. The lowest BCUT2D eigenvalue weighted by Crippen LogP contribution is -2.33. The third kappa shape index (κ3) is 5.54. The minimum Gasteiger partial charge on any atom is -0.493 e. The first-order valence-corrected chi connectivity index (χ1v) is 15.3. The average molecular weight is 572 g/mol. The third-order valence-corrected chi connectivity index (χ3v) is 9.10. The van der Waals surface area contributed by atoms with Crippen molar-refractivity contribution in [3.05, 3.63) is 83.4 Å². The maximum Gasteiger partial charge on any atom is 0.340 e. The van der Waals surface area contributed by atoms with E-state index in [0.717, 1.165) is 24.2 Å². The summed E-state index contributed by atoms with van der Waals surface area (Å²) in [5.41, 5.74) is 0.830. The lowest BCUT2D eigenvalue weighted by atomic mass is 10.1. The second-order valence-corrected chi connectivity index (χ2v) is 13.2. The highest BCUT2D eigenvalue weighted by Gasteiger charge is 2.46. The topological polar surface area (TPSA) is 133 Å². The predicted octanol–water partition coefficient (Wildman–Crippen LogP) is 3.55. The summed E-state index contributed by atoms with van der Waals surface area (Å²) in [5.74, 6) is -0.720. The molecule has 3 aromatic carbocycles. The van der Waals surface area contributed by atoms with Gasteiger partial charge in [-0.25, -0.2) is 8.42 Å². The summed E-state index contributed by atoms with van der Waals surface area (Å²) in [7, 11) is -8.29. The van der Waals surface area contributed by atoms with Crippen molar-refractivity contribution in [1.29, 1.82) is 0 Å². The van der Waals surface area contributed by atoms with Crippen molar-refractivity contribution < 1.29 is 40.2 Å². The van der Waals surface area contributed by atoms with Crippen LogP contribution in [0.2, 0.25) is 0 Å². The fourth-order valence-corrected chi connectivity index (χ4v) is 6.73. The summed E-state index contributed by atoms with van der Waals surface area (Å²) >= 11 is 0. The van der Waals surface area contributed by atoms with Crippen LogP contribution in [0.4, 0.5) is 0 Å². The highest BCUT2D eigenvalue weighted by molar-refractivity contribution is 7.92. The number of carbonyl (C=O) groups excluding carboxylic acids is 2. The molecule has 0 bridgehead atoms. The molecule has 2 aliphatic rings. The van der Waals surface area contributed by atoms with Gasteiger partial charge < -0.3 is 8.92 Å². The summed E-state index contributed by atoms with van der Waals surface area (Å²) in [4.78, 5) is 29.9. The van der Waals surface area contributed by atoms with Gasteiger partial charge in [0.15, 0.2) is 9.84 Å². The van der Waals surface area contributed by atoms with Gasteiger partial charge in [-0.2, -0.15) is 8.42 Å². The minimum atomic E-state index is -4.47. The first-order chi connectivity index (χ1) is 18.4. The van der Waals surface area contributed by atoms with Crippen LogP contribution < -0.4 is 8.92 Å². The van der Waals surface area contributed by atoms with Crippen LogP contribution in [0.15, 0.2) is 76.5 Å². The molecule has 1 aliphatic carbocycles. The summed E-state index contributed by atoms with van der Waals surface area (Å²) in [5, 5.41) is 0.780. The Kier molecular flexibility index (Phi) is 6.73. The molecule has 1 saturated carbocycles. The van der Waals surface area contributed by atoms with Crippen LogP contribution in [-0.2, 0) is 24.8 Å². The Labute approximate surface area is 226 Å². The second kappa shape index (κ2) is 9.78. The number of rotatable bonds is 10. The summed E-state index contributed by atoms with van der Waals surface area (Å²) in [6.07, 6.45) is 2.43. The molecular formula is C27H25NO9S2. The zero-order valence-corrected chi connectivity index (χ0v) is 22.8. The van der Waals surface area contributed by atoms with Gasteiger partial charge in [-0.3, -0.25) is 14.4 Å². The fourth-order valence-electron chi connectivity index (χ4n) is 4.21. The number of ether oxygens (including phenoxy) is 1. The molecule has 1 heterocycles. The Morgan fingerprint density at radius 3 is 1.95 bits per heavy atom. The van der Waals surface area contributed by atoms with Crippen LogP contribution in [0.3, 0.4) is 0 Å². The summed E-state index contributed by atoms with van der Waals surface area (Å²) in [6.45, 7) is 2.02. The lowest BCUT2D eigenvalue weighted by Gasteiger charge is -2.20. The van der Waals surface area contributed by atoms with Gasteiger partial charge >= 0.3 is 10.1 Å². The van der Waals surface area contributed by atoms with E-state index < -0.39 is 42.1 Å². The van der Waals surface area contributed by atoms with Gasteiger partial charge in [0.1, 0.15) is 16.4 Å². The lowest BCUT2D eigenvalue weighted by molar-refractivity contribution is -0.110. The zero-order valence-electron chi connectivity index (χ0n) is 21.1. The largest absolute Gasteiger partial charge is 0.493 e. The quantitative estimate of drug-likeness (QED) is 0.265. The highest BCUT2D eigenvalue weighted by atomic mass is 32.2. The van der Waals surface area contributed by atoms with Crippen LogP contribution in [0.25, 0.3) is 0 Å². The van der Waals surface area contributed by atoms with Crippen molar-refractivity contribution in [3.8, 4) is 11.5 Å². The SMILES string of the molecule is Cc1cc(OCC2(CON3C(=O)c4ccccc4C3=O)CC2)cc(OS(=O)(=O)c2ccccc2S(C)(=O)=O)c1. The molecule has 5 rings (SSSR count). The summed E-state index contributed by atoms with van der Waals surface area (Å²) < 4.78 is 61.3. The van der Waals surface area contributed by atoms with E-state index in [0.29, 0.717) is 22.4 Å². The number of nitrogens with zero attached hydrogens (tertiary/aromatic N) is 1. The first-order valence-electron chi connectivity index (χ1n) is 12.0. The van der Waals surface area contributed by atoms with E-state index in [2.05, 4.69) is 0 Å². The minimum absolute atomic E-state index is 0.0413. The number of hydrogen-bond acceptors (Lipinski definition) is 9. The number of carbonyl (C=O) groups is 2. The molecule has 39 heavy (non-hydrogen) atoms. The number of hydrogen-bond donors (Lipinski definition) is 0. The predicted molar refractivity (Wildman–Crippen MR) is 139 cm³/mol. The first kappa shape index (κ1) is 26.9. The maximum atomic E-state index is 13.0. The van der Waals surface area contributed by atoms with E-state index in [4.69, 9.17) is 13.8 Å². The van der Waals surface area contributed by atoms with Crippen LogP contribution in [0.5, 0.6) is 11.5 Å². The van der Waals surface area contributed by atoms with Gasteiger partial charge in [0.05, 0.1) is 29.2 Å².